The molecule has 0 aliphatic carbocycles. The van der Waals surface area contributed by atoms with Crippen molar-refractivity contribution in [1.82, 2.24) is 15.0 Å². The molecule has 1 heterocycles. The van der Waals surface area contributed by atoms with Gasteiger partial charge < -0.3 is 10.2 Å². The predicted octanol–water partition coefficient (Wildman–Crippen LogP) is 2.47. The van der Waals surface area contributed by atoms with Crippen LogP contribution in [0.25, 0.3) is 0 Å². The van der Waals surface area contributed by atoms with E-state index < -0.39 is 0 Å². The molecule has 0 radical (unpaired) electrons. The summed E-state index contributed by atoms with van der Waals surface area (Å²) in [7, 11) is 3.32. The lowest BCUT2D eigenvalue weighted by Gasteiger charge is -2.18. The summed E-state index contributed by atoms with van der Waals surface area (Å²) in [6.45, 7) is 0. The Hall–Kier alpha value is -1.95. The SMILES string of the molecule is CNc1nc(Cl)nc(N(C)c2ccccc2F)n1. The summed E-state index contributed by atoms with van der Waals surface area (Å²) in [6.07, 6.45) is 0. The highest BCUT2D eigenvalue weighted by molar-refractivity contribution is 6.28. The van der Waals surface area contributed by atoms with Crippen LogP contribution in [0.4, 0.5) is 22.0 Å². The highest BCUT2D eigenvalue weighted by Gasteiger charge is 2.13. The molecule has 0 unspecified atom stereocenters. The van der Waals surface area contributed by atoms with Crippen molar-refractivity contribution < 1.29 is 4.39 Å². The lowest BCUT2D eigenvalue weighted by Crippen LogP contribution is -2.16. The van der Waals surface area contributed by atoms with Crippen molar-refractivity contribution in [2.45, 2.75) is 0 Å². The van der Waals surface area contributed by atoms with Gasteiger partial charge in [0.1, 0.15) is 5.82 Å². The Balaban J connectivity index is 2.43. The first-order valence-corrected chi connectivity index (χ1v) is 5.57. The number of nitrogens with zero attached hydrogens (tertiary/aromatic N) is 4. The number of nitrogens with one attached hydrogen (secondary N) is 1. The van der Waals surface area contributed by atoms with Gasteiger partial charge in [-0.3, -0.25) is 0 Å². The third-order valence-electron chi connectivity index (χ3n) is 2.33. The van der Waals surface area contributed by atoms with Crippen molar-refractivity contribution in [3.8, 4) is 0 Å². The molecule has 1 N–H and O–H groups in total. The molecule has 1 aromatic carbocycles. The minimum absolute atomic E-state index is 0.0486. The maximum absolute atomic E-state index is 13.6. The van der Waals surface area contributed by atoms with E-state index in [2.05, 4.69) is 20.3 Å². The van der Waals surface area contributed by atoms with Crippen LogP contribution in [-0.2, 0) is 0 Å². The molecule has 0 saturated heterocycles. The average molecular weight is 268 g/mol. The van der Waals surface area contributed by atoms with Gasteiger partial charge in [-0.2, -0.15) is 15.0 Å². The van der Waals surface area contributed by atoms with Gasteiger partial charge in [-0.05, 0) is 23.7 Å². The van der Waals surface area contributed by atoms with Gasteiger partial charge in [0.25, 0.3) is 0 Å². The Bertz CT molecular complexity index is 563. The quantitative estimate of drug-likeness (QED) is 0.926. The Morgan fingerprint density at radius 2 is 1.94 bits per heavy atom. The second-order valence-corrected chi connectivity index (χ2v) is 3.83. The number of aromatic nitrogens is 3. The number of hydrogen-bond donors (Lipinski definition) is 1. The second-order valence-electron chi connectivity index (χ2n) is 3.49. The molecular formula is C11H11ClFN5. The molecule has 7 heteroatoms. The third kappa shape index (κ3) is 2.48. The number of hydrogen-bond acceptors (Lipinski definition) is 5. The number of para-hydroxylation sites is 1. The molecule has 0 bridgehead atoms. The zero-order valence-electron chi connectivity index (χ0n) is 9.85. The molecule has 0 atom stereocenters. The monoisotopic (exact) mass is 267 g/mol. The lowest BCUT2D eigenvalue weighted by molar-refractivity contribution is 0.627. The minimum Gasteiger partial charge on any atom is -0.357 e. The van der Waals surface area contributed by atoms with E-state index in [-0.39, 0.29) is 17.0 Å². The normalized spacial score (nSPS) is 10.2. The molecule has 0 fully saturated rings. The van der Waals surface area contributed by atoms with Crippen molar-refractivity contribution in [2.24, 2.45) is 0 Å². The predicted molar refractivity (Wildman–Crippen MR) is 68.8 cm³/mol. The molecule has 0 spiro atoms. The average Bonchev–Trinajstić information content (AvgIpc) is 2.37. The number of anilines is 3. The van der Waals surface area contributed by atoms with Crippen LogP contribution in [0, 0.1) is 5.82 Å². The molecule has 2 rings (SSSR count). The van der Waals surface area contributed by atoms with Gasteiger partial charge in [-0.25, -0.2) is 4.39 Å². The van der Waals surface area contributed by atoms with Gasteiger partial charge in [0.2, 0.25) is 17.2 Å². The summed E-state index contributed by atoms with van der Waals surface area (Å²) in [5.41, 5.74) is 0.363. The van der Waals surface area contributed by atoms with Crippen LogP contribution in [0.5, 0.6) is 0 Å². The van der Waals surface area contributed by atoms with Gasteiger partial charge in [0, 0.05) is 14.1 Å². The number of benzene rings is 1. The van der Waals surface area contributed by atoms with Gasteiger partial charge >= 0.3 is 0 Å². The number of halogens is 2. The van der Waals surface area contributed by atoms with Crippen LogP contribution >= 0.6 is 11.6 Å². The first kappa shape index (κ1) is 12.5. The first-order valence-electron chi connectivity index (χ1n) is 5.19. The second kappa shape index (κ2) is 5.14. The van der Waals surface area contributed by atoms with Crippen LogP contribution in [0.15, 0.2) is 24.3 Å². The minimum atomic E-state index is -0.359. The van der Waals surface area contributed by atoms with Gasteiger partial charge in [-0.15, -0.1) is 0 Å². The molecule has 0 aliphatic heterocycles. The lowest BCUT2D eigenvalue weighted by atomic mass is 10.3. The largest absolute Gasteiger partial charge is 0.357 e. The van der Waals surface area contributed by atoms with Gasteiger partial charge in [0.05, 0.1) is 5.69 Å². The summed E-state index contributed by atoms with van der Waals surface area (Å²) in [5, 5.41) is 2.81. The van der Waals surface area contributed by atoms with Crippen LogP contribution in [0.3, 0.4) is 0 Å². The van der Waals surface area contributed by atoms with Gasteiger partial charge in [0.15, 0.2) is 0 Å². The molecule has 18 heavy (non-hydrogen) atoms. The summed E-state index contributed by atoms with van der Waals surface area (Å²) >= 11 is 5.78. The van der Waals surface area contributed by atoms with E-state index in [4.69, 9.17) is 11.6 Å². The molecular weight excluding hydrogens is 257 g/mol. The molecule has 1 aromatic heterocycles. The molecule has 5 nitrogen and oxygen atoms in total. The molecule has 0 saturated carbocycles. The standard InChI is InChI=1S/C11H11ClFN5/c1-14-10-15-9(12)16-11(17-10)18(2)8-6-4-3-5-7(8)13/h3-6H,1-2H3,(H,14,15,16,17). The highest BCUT2D eigenvalue weighted by Crippen LogP contribution is 2.24. The molecule has 0 amide bonds. The Morgan fingerprint density at radius 3 is 2.61 bits per heavy atom. The van der Waals surface area contributed by atoms with E-state index in [0.29, 0.717) is 11.6 Å². The highest BCUT2D eigenvalue weighted by atomic mass is 35.5. The Kier molecular flexibility index (Phi) is 3.57. The van der Waals surface area contributed by atoms with Crippen molar-refractivity contribution in [3.05, 3.63) is 35.4 Å². The number of rotatable bonds is 3. The third-order valence-corrected chi connectivity index (χ3v) is 2.50. The Labute approximate surface area is 109 Å². The fraction of sp³-hybridized carbons (Fsp3) is 0.182. The topological polar surface area (TPSA) is 53.9 Å². The summed E-state index contributed by atoms with van der Waals surface area (Å²) < 4.78 is 13.6. The summed E-state index contributed by atoms with van der Waals surface area (Å²) in [4.78, 5) is 13.4. The maximum Gasteiger partial charge on any atom is 0.235 e. The van der Waals surface area contributed by atoms with E-state index in [0.717, 1.165) is 0 Å². The van der Waals surface area contributed by atoms with E-state index in [1.807, 2.05) is 0 Å². The van der Waals surface area contributed by atoms with Gasteiger partial charge in [-0.1, -0.05) is 12.1 Å². The van der Waals surface area contributed by atoms with E-state index in [9.17, 15) is 4.39 Å². The van der Waals surface area contributed by atoms with Crippen LogP contribution in [-0.4, -0.2) is 29.0 Å². The van der Waals surface area contributed by atoms with Crippen LogP contribution in [0.1, 0.15) is 0 Å². The zero-order chi connectivity index (χ0) is 13.1. The smallest absolute Gasteiger partial charge is 0.235 e. The molecule has 94 valence electrons. The van der Waals surface area contributed by atoms with Crippen molar-refractivity contribution in [2.75, 3.05) is 24.3 Å². The zero-order valence-corrected chi connectivity index (χ0v) is 10.6. The first-order chi connectivity index (χ1) is 8.61. The van der Waals surface area contributed by atoms with Crippen LogP contribution in [0.2, 0.25) is 5.28 Å². The van der Waals surface area contributed by atoms with E-state index >= 15 is 0 Å². The van der Waals surface area contributed by atoms with Crippen molar-refractivity contribution in [1.29, 1.82) is 0 Å². The van der Waals surface area contributed by atoms with E-state index in [1.165, 1.54) is 11.0 Å². The fourth-order valence-corrected chi connectivity index (χ4v) is 1.59. The summed E-state index contributed by atoms with van der Waals surface area (Å²) in [6, 6.07) is 6.35. The van der Waals surface area contributed by atoms with Crippen LogP contribution < -0.4 is 10.2 Å². The van der Waals surface area contributed by atoms with E-state index in [1.54, 1.807) is 32.3 Å². The molecule has 0 aliphatic rings. The Morgan fingerprint density at radius 1 is 1.22 bits per heavy atom. The molecule has 2 aromatic rings. The van der Waals surface area contributed by atoms with Crippen molar-refractivity contribution in [3.63, 3.8) is 0 Å². The fourth-order valence-electron chi connectivity index (χ4n) is 1.43. The maximum atomic E-state index is 13.6. The summed E-state index contributed by atoms with van der Waals surface area (Å²) in [5.74, 6) is 0.236. The van der Waals surface area contributed by atoms with Crippen molar-refractivity contribution >= 4 is 29.2 Å².